The van der Waals surface area contributed by atoms with Crippen LogP contribution in [0.1, 0.15) is 37.0 Å². The summed E-state index contributed by atoms with van der Waals surface area (Å²) in [5, 5.41) is 2.81. The van der Waals surface area contributed by atoms with Crippen molar-refractivity contribution in [2.24, 2.45) is 0 Å². The van der Waals surface area contributed by atoms with E-state index in [1.165, 1.54) is 5.56 Å². The van der Waals surface area contributed by atoms with Crippen LogP contribution in [0.15, 0.2) is 48.5 Å². The Morgan fingerprint density at radius 1 is 1.00 bits per heavy atom. The van der Waals surface area contributed by atoms with Gasteiger partial charge < -0.3 is 10.2 Å². The van der Waals surface area contributed by atoms with Crippen LogP contribution in [0.4, 0.5) is 5.69 Å². The molecule has 132 valence electrons. The lowest BCUT2D eigenvalue weighted by Crippen LogP contribution is -2.38. The molecule has 0 saturated heterocycles. The minimum absolute atomic E-state index is 0.0297. The van der Waals surface area contributed by atoms with Crippen molar-refractivity contribution in [3.8, 4) is 0 Å². The quantitative estimate of drug-likeness (QED) is 0.807. The third-order valence-corrected chi connectivity index (χ3v) is 4.24. The zero-order valence-electron chi connectivity index (χ0n) is 15.4. The van der Waals surface area contributed by atoms with Crippen LogP contribution in [0.25, 0.3) is 0 Å². The first-order valence-corrected chi connectivity index (χ1v) is 8.57. The molecule has 2 amide bonds. The Morgan fingerprint density at radius 2 is 1.68 bits per heavy atom. The molecule has 25 heavy (non-hydrogen) atoms. The largest absolute Gasteiger partial charge is 0.336 e. The first-order chi connectivity index (χ1) is 11.9. The van der Waals surface area contributed by atoms with Gasteiger partial charge in [0, 0.05) is 18.3 Å². The molecule has 0 spiro atoms. The highest BCUT2D eigenvalue weighted by Gasteiger charge is 2.20. The van der Waals surface area contributed by atoms with Gasteiger partial charge in [0.25, 0.3) is 0 Å². The van der Waals surface area contributed by atoms with Gasteiger partial charge in [-0.05, 0) is 56.5 Å². The van der Waals surface area contributed by atoms with Crippen LogP contribution in [0.5, 0.6) is 0 Å². The molecule has 2 aromatic carbocycles. The molecular formula is C21H26N2O2. The van der Waals surface area contributed by atoms with Crippen LogP contribution >= 0.6 is 0 Å². The average molecular weight is 338 g/mol. The molecule has 1 N–H and O–H groups in total. The predicted molar refractivity (Wildman–Crippen MR) is 101 cm³/mol. The van der Waals surface area contributed by atoms with E-state index in [1.54, 1.807) is 4.90 Å². The van der Waals surface area contributed by atoms with Gasteiger partial charge in [-0.3, -0.25) is 9.59 Å². The summed E-state index contributed by atoms with van der Waals surface area (Å²) in [6, 6.07) is 15.6. The fourth-order valence-electron chi connectivity index (χ4n) is 2.60. The average Bonchev–Trinajstić information content (AvgIpc) is 2.56. The van der Waals surface area contributed by atoms with Crippen LogP contribution in [0.2, 0.25) is 0 Å². The number of nitrogens with one attached hydrogen (secondary N) is 1. The van der Waals surface area contributed by atoms with E-state index < -0.39 is 0 Å². The number of aryl methyl sites for hydroxylation is 2. The number of amides is 2. The maximum atomic E-state index is 12.6. The maximum Gasteiger partial charge on any atom is 0.233 e. The van der Waals surface area contributed by atoms with Crippen molar-refractivity contribution >= 4 is 17.5 Å². The summed E-state index contributed by atoms with van der Waals surface area (Å²) in [6.45, 7) is 8.45. The molecule has 0 aliphatic rings. The van der Waals surface area contributed by atoms with Crippen molar-refractivity contribution in [3.63, 3.8) is 0 Å². The van der Waals surface area contributed by atoms with Gasteiger partial charge in [-0.1, -0.05) is 36.4 Å². The number of anilines is 1. The van der Waals surface area contributed by atoms with Crippen LogP contribution in [-0.2, 0) is 16.1 Å². The zero-order chi connectivity index (χ0) is 18.4. The van der Waals surface area contributed by atoms with E-state index in [0.29, 0.717) is 6.54 Å². The van der Waals surface area contributed by atoms with Crippen LogP contribution in [-0.4, -0.2) is 22.8 Å². The van der Waals surface area contributed by atoms with Gasteiger partial charge in [-0.2, -0.15) is 0 Å². The third-order valence-electron chi connectivity index (χ3n) is 4.24. The molecule has 4 nitrogen and oxygen atoms in total. The lowest BCUT2D eigenvalue weighted by Gasteiger charge is -2.27. The van der Waals surface area contributed by atoms with Gasteiger partial charge >= 0.3 is 0 Å². The van der Waals surface area contributed by atoms with Crippen molar-refractivity contribution in [2.45, 2.75) is 46.7 Å². The zero-order valence-corrected chi connectivity index (χ0v) is 15.4. The number of hydrogen-bond donors (Lipinski definition) is 1. The van der Waals surface area contributed by atoms with E-state index in [9.17, 15) is 9.59 Å². The number of carbonyl (C=O) groups excluding carboxylic acids is 2. The monoisotopic (exact) mass is 338 g/mol. The molecule has 4 heteroatoms. The second kappa shape index (κ2) is 8.47. The van der Waals surface area contributed by atoms with E-state index in [0.717, 1.165) is 16.8 Å². The number of hydrogen-bond acceptors (Lipinski definition) is 2. The van der Waals surface area contributed by atoms with Crippen LogP contribution < -0.4 is 5.32 Å². The van der Waals surface area contributed by atoms with Gasteiger partial charge in [-0.25, -0.2) is 0 Å². The van der Waals surface area contributed by atoms with Crippen molar-refractivity contribution < 1.29 is 9.59 Å². The van der Waals surface area contributed by atoms with Crippen molar-refractivity contribution in [1.29, 1.82) is 0 Å². The summed E-state index contributed by atoms with van der Waals surface area (Å²) in [5.41, 5.74) is 4.05. The molecule has 0 aliphatic heterocycles. The van der Waals surface area contributed by atoms with Crippen molar-refractivity contribution in [2.75, 3.05) is 5.32 Å². The van der Waals surface area contributed by atoms with E-state index in [1.807, 2.05) is 76.2 Å². The summed E-state index contributed by atoms with van der Waals surface area (Å²) in [4.78, 5) is 26.5. The third kappa shape index (κ3) is 5.45. The highest BCUT2D eigenvalue weighted by atomic mass is 16.2. The molecule has 0 unspecified atom stereocenters. The smallest absolute Gasteiger partial charge is 0.233 e. The van der Waals surface area contributed by atoms with Crippen LogP contribution in [0, 0.1) is 13.8 Å². The molecule has 0 aromatic heterocycles. The number of nitrogens with zero attached hydrogens (tertiary/aromatic N) is 1. The van der Waals surface area contributed by atoms with E-state index in [2.05, 4.69) is 5.32 Å². The minimum atomic E-state index is -0.285. The maximum absolute atomic E-state index is 12.6. The van der Waals surface area contributed by atoms with Crippen molar-refractivity contribution in [1.82, 2.24) is 4.90 Å². The molecular weight excluding hydrogens is 312 g/mol. The molecule has 0 aliphatic carbocycles. The van der Waals surface area contributed by atoms with Gasteiger partial charge in [0.05, 0.1) is 0 Å². The Balaban J connectivity index is 1.99. The summed E-state index contributed by atoms with van der Waals surface area (Å²) in [6.07, 6.45) is -0.155. The van der Waals surface area contributed by atoms with Gasteiger partial charge in [-0.15, -0.1) is 0 Å². The van der Waals surface area contributed by atoms with E-state index in [-0.39, 0.29) is 24.3 Å². The Kier molecular flexibility index (Phi) is 6.34. The molecule has 2 aromatic rings. The fraction of sp³-hybridized carbons (Fsp3) is 0.333. The predicted octanol–water partition coefficient (Wildman–Crippen LogP) is 4.07. The lowest BCUT2D eigenvalue weighted by atomic mass is 10.1. The summed E-state index contributed by atoms with van der Waals surface area (Å²) < 4.78 is 0. The number of rotatable bonds is 6. The minimum Gasteiger partial charge on any atom is -0.336 e. The van der Waals surface area contributed by atoms with Crippen molar-refractivity contribution in [3.05, 3.63) is 65.2 Å². The summed E-state index contributed by atoms with van der Waals surface area (Å²) in [7, 11) is 0. The molecule has 0 atom stereocenters. The summed E-state index contributed by atoms with van der Waals surface area (Å²) >= 11 is 0. The Bertz CT molecular complexity index is 739. The molecule has 0 saturated carbocycles. The highest BCUT2D eigenvalue weighted by Crippen LogP contribution is 2.15. The standard InChI is InChI=1S/C21H26N2O2/c1-15(2)23(14-18-8-6-5-7-9-18)21(25)13-20(24)22-19-11-10-16(3)17(4)12-19/h5-12,15H,13-14H2,1-4H3,(H,22,24). The number of benzene rings is 2. The molecule has 0 heterocycles. The van der Waals surface area contributed by atoms with Gasteiger partial charge in [0.1, 0.15) is 6.42 Å². The lowest BCUT2D eigenvalue weighted by molar-refractivity contribution is -0.136. The van der Waals surface area contributed by atoms with Crippen LogP contribution in [0.3, 0.4) is 0 Å². The normalized spacial score (nSPS) is 10.6. The van der Waals surface area contributed by atoms with Gasteiger partial charge in [0.15, 0.2) is 0 Å². The molecule has 0 bridgehead atoms. The second-order valence-electron chi connectivity index (χ2n) is 6.62. The Hall–Kier alpha value is -2.62. The van der Waals surface area contributed by atoms with E-state index in [4.69, 9.17) is 0 Å². The molecule has 2 rings (SSSR count). The summed E-state index contributed by atoms with van der Waals surface area (Å²) in [5.74, 6) is -0.452. The Labute approximate surface area is 149 Å². The second-order valence-corrected chi connectivity index (χ2v) is 6.62. The first-order valence-electron chi connectivity index (χ1n) is 8.57. The topological polar surface area (TPSA) is 49.4 Å². The molecule has 0 fully saturated rings. The molecule has 0 radical (unpaired) electrons. The Morgan fingerprint density at radius 3 is 2.28 bits per heavy atom. The van der Waals surface area contributed by atoms with Gasteiger partial charge in [0.2, 0.25) is 11.8 Å². The number of carbonyl (C=O) groups is 2. The SMILES string of the molecule is Cc1ccc(NC(=O)CC(=O)N(Cc2ccccc2)C(C)C)cc1C. The first kappa shape index (κ1) is 18.7. The highest BCUT2D eigenvalue weighted by molar-refractivity contribution is 6.03. The van der Waals surface area contributed by atoms with E-state index >= 15 is 0 Å². The fourth-order valence-corrected chi connectivity index (χ4v) is 2.60.